The average Bonchev–Trinajstić information content (AvgIpc) is 2.74. The van der Waals surface area contributed by atoms with E-state index in [1.807, 2.05) is 0 Å². The van der Waals surface area contributed by atoms with Gasteiger partial charge < -0.3 is 33.2 Å². The van der Waals surface area contributed by atoms with Gasteiger partial charge in [-0.15, -0.1) is 0 Å². The Hall–Kier alpha value is -2.73. The standard InChI is InChI=1S/C23H34O12/c1-12(24)29-11-18(30-13(2)25)19-20(31-14(3)26)21(32-15(4)27)22(33-16(5)28)23(35-19)34-17-9-7-6-8-10-17/h17-23H,6-11H2,1-5H3. The first kappa shape index (κ1) is 28.5. The molecule has 6 atom stereocenters. The smallest absolute Gasteiger partial charge is 0.303 e. The number of rotatable bonds is 9. The van der Waals surface area contributed by atoms with Crippen LogP contribution in [0, 0.1) is 0 Å². The molecule has 6 unspecified atom stereocenters. The van der Waals surface area contributed by atoms with Crippen LogP contribution in [0.15, 0.2) is 0 Å². The molecule has 1 saturated carbocycles. The molecule has 35 heavy (non-hydrogen) atoms. The van der Waals surface area contributed by atoms with Gasteiger partial charge >= 0.3 is 29.8 Å². The van der Waals surface area contributed by atoms with Crippen LogP contribution in [0.1, 0.15) is 66.7 Å². The molecule has 1 aliphatic heterocycles. The number of carbonyl (C=O) groups is 5. The van der Waals surface area contributed by atoms with Gasteiger partial charge in [0.05, 0.1) is 6.10 Å². The number of esters is 5. The molecule has 2 fully saturated rings. The van der Waals surface area contributed by atoms with Crippen LogP contribution >= 0.6 is 0 Å². The zero-order valence-electron chi connectivity index (χ0n) is 20.7. The molecule has 0 aromatic heterocycles. The fourth-order valence-corrected chi connectivity index (χ4v) is 4.21. The molecule has 0 spiro atoms. The molecule has 0 bridgehead atoms. The van der Waals surface area contributed by atoms with E-state index in [-0.39, 0.29) is 6.10 Å². The highest BCUT2D eigenvalue weighted by atomic mass is 16.7. The van der Waals surface area contributed by atoms with Gasteiger partial charge in [-0.3, -0.25) is 24.0 Å². The van der Waals surface area contributed by atoms with Gasteiger partial charge in [-0.2, -0.15) is 0 Å². The highest BCUT2D eigenvalue weighted by molar-refractivity contribution is 5.69. The Balaban J connectivity index is 2.50. The monoisotopic (exact) mass is 502 g/mol. The Morgan fingerprint density at radius 3 is 1.77 bits per heavy atom. The Kier molecular flexibility index (Phi) is 10.9. The molecular formula is C23H34O12. The fraction of sp³-hybridized carbons (Fsp3) is 0.783. The van der Waals surface area contributed by atoms with Crippen LogP contribution in [-0.2, 0) is 57.1 Å². The van der Waals surface area contributed by atoms with E-state index in [0.717, 1.165) is 59.8 Å². The quantitative estimate of drug-likeness (QED) is 0.331. The Labute approximate surface area is 203 Å². The lowest BCUT2D eigenvalue weighted by molar-refractivity contribution is -0.327. The predicted molar refractivity (Wildman–Crippen MR) is 115 cm³/mol. The van der Waals surface area contributed by atoms with Crippen molar-refractivity contribution in [3.05, 3.63) is 0 Å². The predicted octanol–water partition coefficient (Wildman–Crippen LogP) is 1.35. The number of carbonyl (C=O) groups excluding carboxylic acids is 5. The van der Waals surface area contributed by atoms with E-state index in [9.17, 15) is 24.0 Å². The van der Waals surface area contributed by atoms with E-state index in [1.165, 1.54) is 6.92 Å². The molecule has 0 amide bonds. The van der Waals surface area contributed by atoms with E-state index in [2.05, 4.69) is 0 Å². The van der Waals surface area contributed by atoms with Gasteiger partial charge in [0.2, 0.25) is 0 Å². The molecule has 0 aromatic rings. The van der Waals surface area contributed by atoms with Crippen molar-refractivity contribution >= 4 is 29.8 Å². The molecule has 2 rings (SSSR count). The lowest BCUT2D eigenvalue weighted by atomic mass is 9.93. The van der Waals surface area contributed by atoms with Gasteiger partial charge in [-0.1, -0.05) is 19.3 Å². The highest BCUT2D eigenvalue weighted by Crippen LogP contribution is 2.34. The SMILES string of the molecule is CC(=O)OCC(OC(C)=O)C1OC(OC2CCCCC2)C(OC(C)=O)C(OC(C)=O)C1OC(C)=O. The molecule has 2 aliphatic rings. The molecule has 1 aliphatic carbocycles. The van der Waals surface area contributed by atoms with Crippen molar-refractivity contribution in [1.29, 1.82) is 0 Å². The van der Waals surface area contributed by atoms with E-state index in [1.54, 1.807) is 0 Å². The maximum Gasteiger partial charge on any atom is 0.303 e. The van der Waals surface area contributed by atoms with Crippen LogP contribution < -0.4 is 0 Å². The molecule has 12 heteroatoms. The van der Waals surface area contributed by atoms with Gasteiger partial charge in [-0.25, -0.2) is 0 Å². The Morgan fingerprint density at radius 1 is 0.714 bits per heavy atom. The van der Waals surface area contributed by atoms with Gasteiger partial charge in [0.15, 0.2) is 30.7 Å². The van der Waals surface area contributed by atoms with E-state index in [4.69, 9.17) is 33.2 Å². The summed E-state index contributed by atoms with van der Waals surface area (Å²) in [6.45, 7) is 5.31. The first-order valence-corrected chi connectivity index (χ1v) is 11.6. The topological polar surface area (TPSA) is 150 Å². The van der Waals surface area contributed by atoms with Crippen LogP contribution in [0.5, 0.6) is 0 Å². The summed E-state index contributed by atoms with van der Waals surface area (Å²) < 4.78 is 38.9. The summed E-state index contributed by atoms with van der Waals surface area (Å²) in [7, 11) is 0. The van der Waals surface area contributed by atoms with Crippen molar-refractivity contribution in [1.82, 2.24) is 0 Å². The molecule has 12 nitrogen and oxygen atoms in total. The summed E-state index contributed by atoms with van der Waals surface area (Å²) in [6, 6.07) is 0. The molecule has 0 N–H and O–H groups in total. The number of hydrogen-bond donors (Lipinski definition) is 0. The van der Waals surface area contributed by atoms with Crippen molar-refractivity contribution in [2.75, 3.05) is 6.61 Å². The fourth-order valence-electron chi connectivity index (χ4n) is 4.21. The second-order valence-electron chi connectivity index (χ2n) is 8.54. The minimum Gasteiger partial charge on any atom is -0.462 e. The van der Waals surface area contributed by atoms with Crippen molar-refractivity contribution in [2.24, 2.45) is 0 Å². The normalized spacial score (nSPS) is 27.7. The van der Waals surface area contributed by atoms with Crippen LogP contribution in [0.25, 0.3) is 0 Å². The van der Waals surface area contributed by atoms with Gasteiger partial charge in [-0.05, 0) is 12.8 Å². The largest absolute Gasteiger partial charge is 0.462 e. The second-order valence-corrected chi connectivity index (χ2v) is 8.54. The summed E-state index contributed by atoms with van der Waals surface area (Å²) in [6.07, 6.45) is -3.64. The van der Waals surface area contributed by atoms with Crippen molar-refractivity contribution < 1.29 is 57.1 Å². The lowest BCUT2D eigenvalue weighted by Crippen LogP contribution is -2.65. The van der Waals surface area contributed by atoms with Crippen molar-refractivity contribution in [3.8, 4) is 0 Å². The third-order valence-corrected chi connectivity index (χ3v) is 5.45. The van der Waals surface area contributed by atoms with Crippen LogP contribution in [0.3, 0.4) is 0 Å². The molecule has 1 heterocycles. The first-order chi connectivity index (χ1) is 16.5. The molecule has 198 valence electrons. The van der Waals surface area contributed by atoms with Crippen LogP contribution in [-0.4, -0.2) is 79.4 Å². The summed E-state index contributed by atoms with van der Waals surface area (Å²) in [5, 5.41) is 0. The van der Waals surface area contributed by atoms with Crippen molar-refractivity contribution in [3.63, 3.8) is 0 Å². The average molecular weight is 503 g/mol. The number of ether oxygens (including phenoxy) is 7. The third kappa shape index (κ3) is 9.10. The molecule has 0 aromatic carbocycles. The van der Waals surface area contributed by atoms with E-state index >= 15 is 0 Å². The lowest BCUT2D eigenvalue weighted by Gasteiger charge is -2.46. The molecular weight excluding hydrogens is 468 g/mol. The van der Waals surface area contributed by atoms with Crippen LogP contribution in [0.4, 0.5) is 0 Å². The highest BCUT2D eigenvalue weighted by Gasteiger charge is 2.55. The number of hydrogen-bond acceptors (Lipinski definition) is 12. The summed E-state index contributed by atoms with van der Waals surface area (Å²) in [5.41, 5.74) is 0. The summed E-state index contributed by atoms with van der Waals surface area (Å²) in [4.78, 5) is 59.2. The van der Waals surface area contributed by atoms with Gasteiger partial charge in [0.25, 0.3) is 0 Å². The maximum absolute atomic E-state index is 12.0. The van der Waals surface area contributed by atoms with Crippen molar-refractivity contribution in [2.45, 2.75) is 110 Å². The Morgan fingerprint density at radius 2 is 1.26 bits per heavy atom. The minimum atomic E-state index is -1.38. The molecule has 1 saturated heterocycles. The minimum absolute atomic E-state index is 0.226. The van der Waals surface area contributed by atoms with E-state index < -0.39 is 73.3 Å². The summed E-state index contributed by atoms with van der Waals surface area (Å²) >= 11 is 0. The maximum atomic E-state index is 12.0. The second kappa shape index (κ2) is 13.4. The van der Waals surface area contributed by atoms with Gasteiger partial charge in [0, 0.05) is 34.6 Å². The Bertz CT molecular complexity index is 774. The molecule has 0 radical (unpaired) electrons. The summed E-state index contributed by atoms with van der Waals surface area (Å²) in [5.74, 6) is -3.58. The zero-order valence-corrected chi connectivity index (χ0v) is 20.7. The van der Waals surface area contributed by atoms with Crippen LogP contribution in [0.2, 0.25) is 0 Å². The third-order valence-electron chi connectivity index (χ3n) is 5.45. The zero-order chi connectivity index (χ0) is 26.1. The van der Waals surface area contributed by atoms with E-state index in [0.29, 0.717) is 0 Å². The first-order valence-electron chi connectivity index (χ1n) is 11.6. The van der Waals surface area contributed by atoms with Gasteiger partial charge in [0.1, 0.15) is 12.7 Å².